The van der Waals surface area contributed by atoms with E-state index in [9.17, 15) is 9.59 Å². The summed E-state index contributed by atoms with van der Waals surface area (Å²) >= 11 is 0. The summed E-state index contributed by atoms with van der Waals surface area (Å²) in [6.07, 6.45) is 0. The summed E-state index contributed by atoms with van der Waals surface area (Å²) in [7, 11) is 1.61. The lowest BCUT2D eigenvalue weighted by Crippen LogP contribution is -2.54. The Balaban J connectivity index is 1.71. The Morgan fingerprint density at radius 2 is 1.41 bits per heavy atom. The van der Waals surface area contributed by atoms with Gasteiger partial charge in [-0.15, -0.1) is 0 Å². The molecule has 5 heteroatoms. The van der Waals surface area contributed by atoms with Gasteiger partial charge in [-0.3, -0.25) is 9.59 Å². The molecular formula is C24H22N2O3. The predicted octanol–water partition coefficient (Wildman–Crippen LogP) is 3.64. The number of ether oxygens (including phenoxy) is 1. The average Bonchev–Trinajstić information content (AvgIpc) is 2.78. The first kappa shape index (κ1) is 18.7. The summed E-state index contributed by atoms with van der Waals surface area (Å²) in [5.74, 6) is 0.442. The van der Waals surface area contributed by atoms with Gasteiger partial charge in [0.2, 0.25) is 5.91 Å². The van der Waals surface area contributed by atoms with Gasteiger partial charge in [0.1, 0.15) is 17.8 Å². The number of carbonyl (C=O) groups is 2. The van der Waals surface area contributed by atoms with Crippen molar-refractivity contribution in [2.75, 3.05) is 7.11 Å². The predicted molar refractivity (Wildman–Crippen MR) is 110 cm³/mol. The lowest BCUT2D eigenvalue weighted by Gasteiger charge is -2.39. The van der Waals surface area contributed by atoms with Gasteiger partial charge in [-0.05, 0) is 28.8 Å². The lowest BCUT2D eigenvalue weighted by atomic mass is 9.95. The summed E-state index contributed by atoms with van der Waals surface area (Å²) in [5.41, 5.74) is 2.50. The van der Waals surface area contributed by atoms with Gasteiger partial charge in [-0.1, -0.05) is 72.8 Å². The van der Waals surface area contributed by atoms with E-state index >= 15 is 0 Å². The topological polar surface area (TPSA) is 58.6 Å². The number of benzene rings is 3. The minimum atomic E-state index is -0.693. The fraction of sp³-hybridized carbons (Fsp3) is 0.167. The maximum Gasteiger partial charge on any atom is 0.251 e. The van der Waals surface area contributed by atoms with Crippen molar-refractivity contribution in [3.05, 3.63) is 102 Å². The van der Waals surface area contributed by atoms with Gasteiger partial charge < -0.3 is 15.0 Å². The van der Waals surface area contributed by atoms with Crippen molar-refractivity contribution in [1.82, 2.24) is 10.2 Å². The molecule has 0 aromatic heterocycles. The number of rotatable bonds is 5. The van der Waals surface area contributed by atoms with Crippen LogP contribution >= 0.6 is 0 Å². The molecule has 2 amide bonds. The van der Waals surface area contributed by atoms with E-state index in [-0.39, 0.29) is 11.8 Å². The second-order valence-electron chi connectivity index (χ2n) is 6.98. The molecule has 29 heavy (non-hydrogen) atoms. The summed E-state index contributed by atoms with van der Waals surface area (Å²) < 4.78 is 5.22. The smallest absolute Gasteiger partial charge is 0.251 e. The van der Waals surface area contributed by atoms with Crippen LogP contribution < -0.4 is 10.1 Å². The molecule has 146 valence electrons. The highest BCUT2D eigenvalue weighted by Gasteiger charge is 2.41. The SMILES string of the molecule is COc1ccc(CN2C(=O)[C@H](c3ccccc3)NC(=O)[C@H]2c2ccccc2)cc1. The number of piperazine rings is 1. The van der Waals surface area contributed by atoms with Crippen LogP contribution in [0, 0.1) is 0 Å². The molecule has 4 rings (SSSR count). The molecule has 2 atom stereocenters. The zero-order valence-corrected chi connectivity index (χ0v) is 16.1. The monoisotopic (exact) mass is 386 g/mol. The molecule has 1 aliphatic rings. The summed E-state index contributed by atoms with van der Waals surface area (Å²) in [6, 6.07) is 24.9. The van der Waals surface area contributed by atoms with E-state index in [1.807, 2.05) is 84.9 Å². The number of carbonyl (C=O) groups excluding carboxylic acids is 2. The highest BCUT2D eigenvalue weighted by atomic mass is 16.5. The van der Waals surface area contributed by atoms with Gasteiger partial charge >= 0.3 is 0 Å². The van der Waals surface area contributed by atoms with Crippen LogP contribution in [0.5, 0.6) is 5.75 Å². The molecule has 1 fully saturated rings. The molecule has 5 nitrogen and oxygen atoms in total. The first-order valence-corrected chi connectivity index (χ1v) is 9.51. The maximum atomic E-state index is 13.5. The van der Waals surface area contributed by atoms with Crippen molar-refractivity contribution in [2.45, 2.75) is 18.6 Å². The van der Waals surface area contributed by atoms with Crippen molar-refractivity contribution in [2.24, 2.45) is 0 Å². The van der Waals surface area contributed by atoms with Gasteiger partial charge in [0, 0.05) is 6.54 Å². The number of nitrogens with zero attached hydrogens (tertiary/aromatic N) is 1. The van der Waals surface area contributed by atoms with E-state index in [0.717, 1.165) is 22.4 Å². The number of hydrogen-bond acceptors (Lipinski definition) is 3. The largest absolute Gasteiger partial charge is 0.497 e. The first-order valence-electron chi connectivity index (χ1n) is 9.51. The van der Waals surface area contributed by atoms with Crippen LogP contribution in [0.15, 0.2) is 84.9 Å². The minimum absolute atomic E-state index is 0.125. The van der Waals surface area contributed by atoms with Gasteiger partial charge in [0.25, 0.3) is 5.91 Å². The standard InChI is InChI=1S/C24H22N2O3/c1-29-20-14-12-17(13-15-20)16-26-22(19-10-6-3-7-11-19)23(27)25-21(24(26)28)18-8-4-2-5-9-18/h2-15,21-22H,16H2,1H3,(H,25,27)/t21-,22+/m0/s1. The van der Waals surface area contributed by atoms with Crippen molar-refractivity contribution >= 4 is 11.8 Å². The molecular weight excluding hydrogens is 364 g/mol. The van der Waals surface area contributed by atoms with Gasteiger partial charge in [-0.2, -0.15) is 0 Å². The van der Waals surface area contributed by atoms with E-state index < -0.39 is 12.1 Å². The molecule has 1 saturated heterocycles. The van der Waals surface area contributed by atoms with Crippen LogP contribution in [-0.2, 0) is 16.1 Å². The summed E-state index contributed by atoms with van der Waals surface area (Å²) in [5, 5.41) is 2.91. The summed E-state index contributed by atoms with van der Waals surface area (Å²) in [6.45, 7) is 0.332. The molecule has 1 heterocycles. The van der Waals surface area contributed by atoms with Crippen LogP contribution in [0.25, 0.3) is 0 Å². The van der Waals surface area contributed by atoms with E-state index in [1.165, 1.54) is 0 Å². The average molecular weight is 386 g/mol. The highest BCUT2D eigenvalue weighted by Crippen LogP contribution is 2.32. The van der Waals surface area contributed by atoms with E-state index in [0.29, 0.717) is 6.54 Å². The van der Waals surface area contributed by atoms with E-state index in [2.05, 4.69) is 5.32 Å². The third-order valence-electron chi connectivity index (χ3n) is 5.14. The Hall–Kier alpha value is -3.60. The Labute approximate surface area is 169 Å². The van der Waals surface area contributed by atoms with E-state index in [4.69, 9.17) is 4.74 Å². The Morgan fingerprint density at radius 3 is 2.00 bits per heavy atom. The van der Waals surface area contributed by atoms with Crippen molar-refractivity contribution < 1.29 is 14.3 Å². The molecule has 0 aliphatic carbocycles. The molecule has 0 unspecified atom stereocenters. The van der Waals surface area contributed by atoms with Gasteiger partial charge in [0.05, 0.1) is 7.11 Å². The van der Waals surface area contributed by atoms with Crippen LogP contribution in [0.1, 0.15) is 28.8 Å². The third-order valence-corrected chi connectivity index (χ3v) is 5.14. The molecule has 1 aliphatic heterocycles. The van der Waals surface area contributed by atoms with Crippen LogP contribution in [0.2, 0.25) is 0 Å². The molecule has 0 radical (unpaired) electrons. The molecule has 3 aromatic rings. The normalized spacial score (nSPS) is 19.0. The molecule has 1 N–H and O–H groups in total. The van der Waals surface area contributed by atoms with Gasteiger partial charge in [-0.25, -0.2) is 0 Å². The summed E-state index contributed by atoms with van der Waals surface area (Å²) in [4.78, 5) is 28.2. The van der Waals surface area contributed by atoms with Gasteiger partial charge in [0.15, 0.2) is 0 Å². The molecule has 0 saturated carbocycles. The second kappa shape index (κ2) is 8.19. The zero-order valence-electron chi connectivity index (χ0n) is 16.1. The second-order valence-corrected chi connectivity index (χ2v) is 6.98. The Morgan fingerprint density at radius 1 is 0.828 bits per heavy atom. The molecule has 0 bridgehead atoms. The quantitative estimate of drug-likeness (QED) is 0.728. The number of methoxy groups -OCH3 is 1. The fourth-order valence-electron chi connectivity index (χ4n) is 3.65. The number of amides is 2. The van der Waals surface area contributed by atoms with Crippen molar-refractivity contribution in [1.29, 1.82) is 0 Å². The lowest BCUT2D eigenvalue weighted by molar-refractivity contribution is -0.150. The first-order chi connectivity index (χ1) is 14.2. The molecule has 3 aromatic carbocycles. The highest BCUT2D eigenvalue weighted by molar-refractivity contribution is 5.98. The Kier molecular flexibility index (Phi) is 5.29. The third kappa shape index (κ3) is 3.85. The van der Waals surface area contributed by atoms with Crippen molar-refractivity contribution in [3.63, 3.8) is 0 Å². The van der Waals surface area contributed by atoms with E-state index in [1.54, 1.807) is 12.0 Å². The number of nitrogens with one attached hydrogen (secondary N) is 1. The minimum Gasteiger partial charge on any atom is -0.497 e. The van der Waals surface area contributed by atoms with Crippen molar-refractivity contribution in [3.8, 4) is 5.75 Å². The fourth-order valence-corrected chi connectivity index (χ4v) is 3.65. The van der Waals surface area contributed by atoms with Crippen LogP contribution in [-0.4, -0.2) is 23.8 Å². The number of hydrogen-bond donors (Lipinski definition) is 1. The Bertz CT molecular complexity index is 988. The maximum absolute atomic E-state index is 13.5. The van der Waals surface area contributed by atoms with Crippen LogP contribution in [0.4, 0.5) is 0 Å². The molecule has 0 spiro atoms. The van der Waals surface area contributed by atoms with Crippen LogP contribution in [0.3, 0.4) is 0 Å². The zero-order chi connectivity index (χ0) is 20.2.